The second-order valence-electron chi connectivity index (χ2n) is 2.62. The van der Waals surface area contributed by atoms with Crippen LogP contribution in [-0.4, -0.2) is 35.0 Å². The Morgan fingerprint density at radius 3 is 2.17 bits per heavy atom. The maximum atomic E-state index is 11.1. The smallest absolute Gasteiger partial charge is 0.326 e. The molecule has 0 aliphatic carbocycles. The second-order valence-corrected chi connectivity index (χ2v) is 2.62. The van der Waals surface area contributed by atoms with Gasteiger partial charge >= 0.3 is 5.97 Å². The van der Waals surface area contributed by atoms with Crippen LogP contribution in [0.1, 0.15) is 26.7 Å². The van der Waals surface area contributed by atoms with E-state index in [-0.39, 0.29) is 5.91 Å². The highest BCUT2D eigenvalue weighted by atomic mass is 16.4. The van der Waals surface area contributed by atoms with Gasteiger partial charge in [-0.25, -0.2) is 4.79 Å². The van der Waals surface area contributed by atoms with Crippen LogP contribution in [0.15, 0.2) is 0 Å². The summed E-state index contributed by atoms with van der Waals surface area (Å²) in [7, 11) is 1.52. The van der Waals surface area contributed by atoms with Crippen LogP contribution in [0.2, 0.25) is 0 Å². The highest BCUT2D eigenvalue weighted by Crippen LogP contribution is 2.03. The molecule has 0 aliphatic rings. The lowest BCUT2D eigenvalue weighted by molar-refractivity contribution is -0.149. The number of rotatable bonds is 4. The molecule has 0 rings (SSSR count). The van der Waals surface area contributed by atoms with Crippen molar-refractivity contribution in [2.24, 2.45) is 0 Å². The van der Waals surface area contributed by atoms with Gasteiger partial charge in [-0.15, -0.1) is 0 Å². The molecule has 0 saturated carbocycles. The Hall–Kier alpha value is -1.06. The van der Waals surface area contributed by atoms with E-state index in [1.807, 2.05) is 0 Å². The molecule has 4 nitrogen and oxygen atoms in total. The van der Waals surface area contributed by atoms with Crippen molar-refractivity contribution in [3.8, 4) is 0 Å². The Balaban J connectivity index is 4.30. The van der Waals surface area contributed by atoms with Gasteiger partial charge in [0.15, 0.2) is 0 Å². The van der Waals surface area contributed by atoms with Crippen LogP contribution in [0.25, 0.3) is 0 Å². The topological polar surface area (TPSA) is 57.6 Å². The maximum Gasteiger partial charge on any atom is 0.326 e. The van der Waals surface area contributed by atoms with Gasteiger partial charge in [0.05, 0.1) is 0 Å². The van der Waals surface area contributed by atoms with Gasteiger partial charge in [-0.2, -0.15) is 0 Å². The van der Waals surface area contributed by atoms with E-state index in [2.05, 4.69) is 0 Å². The van der Waals surface area contributed by atoms with Crippen LogP contribution in [0.4, 0.5) is 0 Å². The minimum atomic E-state index is -0.943. The van der Waals surface area contributed by atoms with E-state index in [4.69, 9.17) is 5.11 Å². The van der Waals surface area contributed by atoms with Gasteiger partial charge in [0, 0.05) is 13.5 Å². The number of carboxylic acids is 1. The Morgan fingerprint density at radius 1 is 1.42 bits per heavy atom. The van der Waals surface area contributed by atoms with Gasteiger partial charge < -0.3 is 10.0 Å². The Labute approximate surface area is 72.2 Å². The molecule has 0 heterocycles. The summed E-state index contributed by atoms with van der Waals surface area (Å²) in [5, 5.41) is 8.69. The number of amides is 1. The molecular formula is C8H15NO3. The fourth-order valence-corrected chi connectivity index (χ4v) is 1.04. The molecule has 0 aliphatic heterocycles. The number of hydrogen-bond acceptors (Lipinski definition) is 2. The van der Waals surface area contributed by atoms with Crippen molar-refractivity contribution in [3.05, 3.63) is 0 Å². The Morgan fingerprint density at radius 2 is 1.92 bits per heavy atom. The van der Waals surface area contributed by atoms with Crippen LogP contribution >= 0.6 is 0 Å². The lowest BCUT2D eigenvalue weighted by atomic mass is 10.2. The zero-order chi connectivity index (χ0) is 9.72. The van der Waals surface area contributed by atoms with Crippen LogP contribution in [0.5, 0.6) is 0 Å². The highest BCUT2D eigenvalue weighted by Gasteiger charge is 2.22. The van der Waals surface area contributed by atoms with E-state index in [0.717, 1.165) is 0 Å². The molecule has 0 fully saturated rings. The fraction of sp³-hybridized carbons (Fsp3) is 0.750. The van der Waals surface area contributed by atoms with Gasteiger partial charge in [-0.05, 0) is 6.42 Å². The van der Waals surface area contributed by atoms with E-state index < -0.39 is 12.0 Å². The van der Waals surface area contributed by atoms with Crippen molar-refractivity contribution in [1.29, 1.82) is 0 Å². The van der Waals surface area contributed by atoms with Crippen LogP contribution in [-0.2, 0) is 9.59 Å². The summed E-state index contributed by atoms with van der Waals surface area (Å²) in [5.41, 5.74) is 0. The molecule has 0 aromatic rings. The molecule has 12 heavy (non-hydrogen) atoms. The molecular weight excluding hydrogens is 158 g/mol. The summed E-state index contributed by atoms with van der Waals surface area (Å²) in [6.45, 7) is 3.46. The first-order valence-corrected chi connectivity index (χ1v) is 4.03. The molecule has 1 atom stereocenters. The Bertz CT molecular complexity index is 179. The van der Waals surface area contributed by atoms with E-state index in [1.165, 1.54) is 11.9 Å². The molecule has 70 valence electrons. The van der Waals surface area contributed by atoms with Crippen molar-refractivity contribution in [3.63, 3.8) is 0 Å². The zero-order valence-electron chi connectivity index (χ0n) is 7.70. The van der Waals surface area contributed by atoms with Crippen molar-refractivity contribution in [2.75, 3.05) is 7.05 Å². The number of carbonyl (C=O) groups excluding carboxylic acids is 1. The van der Waals surface area contributed by atoms with E-state index in [0.29, 0.717) is 12.8 Å². The molecule has 0 radical (unpaired) electrons. The van der Waals surface area contributed by atoms with E-state index >= 15 is 0 Å². The van der Waals surface area contributed by atoms with Crippen molar-refractivity contribution >= 4 is 11.9 Å². The summed E-state index contributed by atoms with van der Waals surface area (Å²) < 4.78 is 0. The van der Waals surface area contributed by atoms with Gasteiger partial charge in [-0.1, -0.05) is 13.8 Å². The van der Waals surface area contributed by atoms with Crippen molar-refractivity contribution < 1.29 is 14.7 Å². The third-order valence-electron chi connectivity index (χ3n) is 1.84. The van der Waals surface area contributed by atoms with Crippen LogP contribution in [0, 0.1) is 0 Å². The van der Waals surface area contributed by atoms with Crippen molar-refractivity contribution in [2.45, 2.75) is 32.7 Å². The number of likely N-dealkylation sites (N-methyl/N-ethyl adjacent to an activating group) is 1. The number of nitrogens with zero attached hydrogens (tertiary/aromatic N) is 1. The Kier molecular flexibility index (Phi) is 4.33. The molecule has 0 saturated heterocycles. The predicted molar refractivity (Wildman–Crippen MR) is 44.8 cm³/mol. The molecule has 4 heteroatoms. The largest absolute Gasteiger partial charge is 0.480 e. The average Bonchev–Trinajstić information content (AvgIpc) is 2.03. The molecule has 0 unspecified atom stereocenters. The highest BCUT2D eigenvalue weighted by molar-refractivity contribution is 5.83. The van der Waals surface area contributed by atoms with Gasteiger partial charge in [0.1, 0.15) is 6.04 Å². The first kappa shape index (κ1) is 10.9. The van der Waals surface area contributed by atoms with Crippen molar-refractivity contribution in [1.82, 2.24) is 4.90 Å². The predicted octanol–water partition coefficient (Wildman–Crippen LogP) is 0.718. The summed E-state index contributed by atoms with van der Waals surface area (Å²) in [5.74, 6) is -1.08. The SMILES string of the molecule is CCC(=O)N(C)[C@@H](CC)C(=O)O. The first-order chi connectivity index (χ1) is 5.54. The molecule has 0 bridgehead atoms. The van der Waals surface area contributed by atoms with Gasteiger partial charge in [0.25, 0.3) is 0 Å². The lowest BCUT2D eigenvalue weighted by Crippen LogP contribution is -2.41. The summed E-state index contributed by atoms with van der Waals surface area (Å²) in [6.07, 6.45) is 0.790. The second kappa shape index (κ2) is 4.74. The quantitative estimate of drug-likeness (QED) is 0.681. The number of aliphatic carboxylic acids is 1. The molecule has 1 N–H and O–H groups in total. The lowest BCUT2D eigenvalue weighted by Gasteiger charge is -2.22. The first-order valence-electron chi connectivity index (χ1n) is 4.03. The molecule has 0 aromatic heterocycles. The standard InChI is InChI=1S/C8H15NO3/c1-4-6(8(11)12)9(3)7(10)5-2/h6H,4-5H2,1-3H3,(H,11,12)/t6-/m0/s1. The molecule has 0 spiro atoms. The zero-order valence-corrected chi connectivity index (χ0v) is 7.70. The number of carboxylic acid groups (broad SMARTS) is 1. The van der Waals surface area contributed by atoms with E-state index in [1.54, 1.807) is 13.8 Å². The number of carbonyl (C=O) groups is 2. The molecule has 1 amide bonds. The van der Waals surface area contributed by atoms with Gasteiger partial charge in [-0.3, -0.25) is 4.79 Å². The normalized spacial score (nSPS) is 12.2. The number of hydrogen-bond donors (Lipinski definition) is 1. The molecule has 0 aromatic carbocycles. The minimum absolute atomic E-state index is 0.135. The monoisotopic (exact) mass is 173 g/mol. The fourth-order valence-electron chi connectivity index (χ4n) is 1.04. The average molecular weight is 173 g/mol. The summed E-state index contributed by atoms with van der Waals surface area (Å²) >= 11 is 0. The van der Waals surface area contributed by atoms with Gasteiger partial charge in [0.2, 0.25) is 5.91 Å². The maximum absolute atomic E-state index is 11.1. The third-order valence-corrected chi connectivity index (χ3v) is 1.84. The summed E-state index contributed by atoms with van der Waals surface area (Å²) in [6, 6.07) is -0.683. The van der Waals surface area contributed by atoms with Crippen LogP contribution < -0.4 is 0 Å². The summed E-state index contributed by atoms with van der Waals surface area (Å²) in [4.78, 5) is 23.0. The third kappa shape index (κ3) is 2.53. The van der Waals surface area contributed by atoms with Crippen LogP contribution in [0.3, 0.4) is 0 Å². The minimum Gasteiger partial charge on any atom is -0.480 e. The van der Waals surface area contributed by atoms with E-state index in [9.17, 15) is 9.59 Å².